The van der Waals surface area contributed by atoms with Gasteiger partial charge in [-0.25, -0.2) is 0 Å². The molecule has 1 fully saturated rings. The van der Waals surface area contributed by atoms with Crippen molar-refractivity contribution in [2.45, 2.75) is 25.7 Å². The summed E-state index contributed by atoms with van der Waals surface area (Å²) in [5, 5.41) is 3.98. The first-order valence-electron chi connectivity index (χ1n) is 10.4. The Labute approximate surface area is 176 Å². The molecule has 6 nitrogen and oxygen atoms in total. The number of carbonyl (C=O) groups is 2. The maximum atomic E-state index is 12.8. The number of aromatic nitrogens is 1. The molecule has 6 heteroatoms. The molecule has 2 amide bonds. The van der Waals surface area contributed by atoms with Crippen LogP contribution in [0.15, 0.2) is 54.7 Å². The molecular weight excluding hydrogens is 378 g/mol. The normalized spacial score (nSPS) is 14.6. The van der Waals surface area contributed by atoms with Crippen LogP contribution in [-0.2, 0) is 4.79 Å². The molecule has 0 unspecified atom stereocenters. The molecule has 1 aromatic heterocycles. The first kappa shape index (κ1) is 20.0. The minimum atomic E-state index is 0.0153. The van der Waals surface area contributed by atoms with E-state index in [1.807, 2.05) is 59.6 Å². The number of hydrogen-bond acceptors (Lipinski definition) is 3. The van der Waals surface area contributed by atoms with Crippen LogP contribution in [0.25, 0.3) is 10.9 Å². The summed E-state index contributed by atoms with van der Waals surface area (Å²) < 4.78 is 5.18. The number of aromatic amines is 1. The molecule has 3 aromatic rings. The van der Waals surface area contributed by atoms with Gasteiger partial charge in [0.25, 0.3) is 5.91 Å². The zero-order valence-electron chi connectivity index (χ0n) is 17.2. The van der Waals surface area contributed by atoms with Crippen molar-refractivity contribution in [3.8, 4) is 5.75 Å². The van der Waals surface area contributed by atoms with Crippen LogP contribution < -0.4 is 10.1 Å². The molecular formula is C24H27N3O3. The van der Waals surface area contributed by atoms with E-state index in [9.17, 15) is 9.59 Å². The Morgan fingerprint density at radius 3 is 2.77 bits per heavy atom. The molecule has 4 rings (SSSR count). The third-order valence-corrected chi connectivity index (χ3v) is 5.84. The van der Waals surface area contributed by atoms with Gasteiger partial charge < -0.3 is 19.9 Å². The Morgan fingerprint density at radius 2 is 1.97 bits per heavy atom. The van der Waals surface area contributed by atoms with Crippen LogP contribution in [0.5, 0.6) is 5.75 Å². The fraction of sp³-hybridized carbons (Fsp3) is 0.333. The third kappa shape index (κ3) is 4.64. The van der Waals surface area contributed by atoms with Gasteiger partial charge in [-0.3, -0.25) is 9.59 Å². The van der Waals surface area contributed by atoms with E-state index in [-0.39, 0.29) is 11.8 Å². The van der Waals surface area contributed by atoms with Crippen LogP contribution in [0, 0.1) is 5.92 Å². The molecule has 2 heterocycles. The van der Waals surface area contributed by atoms with Crippen LogP contribution >= 0.6 is 0 Å². The second kappa shape index (κ2) is 9.03. The predicted molar refractivity (Wildman–Crippen MR) is 118 cm³/mol. The summed E-state index contributed by atoms with van der Waals surface area (Å²) in [4.78, 5) is 30.2. The number of H-pyrrole nitrogens is 1. The molecule has 2 N–H and O–H groups in total. The lowest BCUT2D eigenvalue weighted by Gasteiger charge is -2.32. The number of benzene rings is 2. The average Bonchev–Trinajstić information content (AvgIpc) is 3.25. The van der Waals surface area contributed by atoms with E-state index in [0.29, 0.717) is 12.3 Å². The Bertz CT molecular complexity index is 1030. The van der Waals surface area contributed by atoms with Gasteiger partial charge in [0.05, 0.1) is 7.11 Å². The number of nitrogens with zero attached hydrogens (tertiary/aromatic N) is 1. The Kier molecular flexibility index (Phi) is 6.02. The van der Waals surface area contributed by atoms with Crippen LogP contribution in [0.2, 0.25) is 0 Å². The summed E-state index contributed by atoms with van der Waals surface area (Å²) in [6.07, 6.45) is 5.08. The number of nitrogens with one attached hydrogen (secondary N) is 2. The maximum absolute atomic E-state index is 12.8. The smallest absolute Gasteiger partial charge is 0.253 e. The number of amides is 2. The van der Waals surface area contributed by atoms with Crippen LogP contribution in [0.1, 0.15) is 36.0 Å². The highest BCUT2D eigenvalue weighted by Gasteiger charge is 2.24. The minimum Gasteiger partial charge on any atom is -0.497 e. The maximum Gasteiger partial charge on any atom is 0.253 e. The lowest BCUT2D eigenvalue weighted by molar-refractivity contribution is -0.116. The lowest BCUT2D eigenvalue weighted by Crippen LogP contribution is -2.38. The Balaban J connectivity index is 1.24. The summed E-state index contributed by atoms with van der Waals surface area (Å²) in [5.41, 5.74) is 2.52. The molecule has 1 saturated heterocycles. The predicted octanol–water partition coefficient (Wildman–Crippen LogP) is 4.45. The molecule has 0 atom stereocenters. The summed E-state index contributed by atoms with van der Waals surface area (Å²) in [6.45, 7) is 1.48. The molecule has 0 radical (unpaired) electrons. The van der Waals surface area contributed by atoms with E-state index in [1.165, 1.54) is 0 Å². The van der Waals surface area contributed by atoms with E-state index in [2.05, 4.69) is 10.3 Å². The molecule has 0 spiro atoms. The average molecular weight is 405 g/mol. The van der Waals surface area contributed by atoms with Crippen LogP contribution in [0.3, 0.4) is 0 Å². The van der Waals surface area contributed by atoms with Gasteiger partial charge in [0.2, 0.25) is 5.91 Å². The number of fused-ring (bicyclic) bond motifs is 1. The number of rotatable bonds is 6. The second-order valence-corrected chi connectivity index (χ2v) is 7.83. The summed E-state index contributed by atoms with van der Waals surface area (Å²) in [5.74, 6) is 1.30. The van der Waals surface area contributed by atoms with E-state index >= 15 is 0 Å². The number of ether oxygens (including phenoxy) is 1. The van der Waals surface area contributed by atoms with Gasteiger partial charge in [-0.05, 0) is 61.6 Å². The minimum absolute atomic E-state index is 0.0153. The van der Waals surface area contributed by atoms with Gasteiger partial charge in [0.15, 0.2) is 0 Å². The van der Waals surface area contributed by atoms with Gasteiger partial charge in [0, 0.05) is 53.9 Å². The van der Waals surface area contributed by atoms with E-state index in [4.69, 9.17) is 4.74 Å². The van der Waals surface area contributed by atoms with E-state index in [0.717, 1.165) is 60.3 Å². The van der Waals surface area contributed by atoms with Gasteiger partial charge in [-0.15, -0.1) is 0 Å². The highest BCUT2D eigenvalue weighted by Crippen LogP contribution is 2.25. The second-order valence-electron chi connectivity index (χ2n) is 7.83. The summed E-state index contributed by atoms with van der Waals surface area (Å²) in [6, 6.07) is 15.1. The SMILES string of the molecule is COc1cccc(NC(=O)CCC2CCN(C(=O)c3ccc4[nH]ccc4c3)CC2)c1. The molecule has 0 aliphatic carbocycles. The molecule has 1 aliphatic rings. The quantitative estimate of drug-likeness (QED) is 0.636. The number of piperidine rings is 1. The monoisotopic (exact) mass is 405 g/mol. The van der Waals surface area contributed by atoms with Crippen LogP contribution in [0.4, 0.5) is 5.69 Å². The largest absolute Gasteiger partial charge is 0.497 e. The molecule has 0 bridgehead atoms. The number of carbonyl (C=O) groups excluding carboxylic acids is 2. The highest BCUT2D eigenvalue weighted by molar-refractivity contribution is 5.98. The summed E-state index contributed by atoms with van der Waals surface area (Å²) >= 11 is 0. The first-order valence-corrected chi connectivity index (χ1v) is 10.4. The highest BCUT2D eigenvalue weighted by atomic mass is 16.5. The molecule has 30 heavy (non-hydrogen) atoms. The van der Waals surface area contributed by atoms with Gasteiger partial charge >= 0.3 is 0 Å². The van der Waals surface area contributed by atoms with Crippen molar-refractivity contribution < 1.29 is 14.3 Å². The number of anilines is 1. The fourth-order valence-electron chi connectivity index (χ4n) is 4.05. The van der Waals surface area contributed by atoms with Crippen molar-refractivity contribution in [3.05, 3.63) is 60.3 Å². The van der Waals surface area contributed by atoms with E-state index in [1.54, 1.807) is 7.11 Å². The summed E-state index contributed by atoms with van der Waals surface area (Å²) in [7, 11) is 1.61. The van der Waals surface area contributed by atoms with Crippen molar-refractivity contribution >= 4 is 28.4 Å². The van der Waals surface area contributed by atoms with Crippen molar-refractivity contribution in [3.63, 3.8) is 0 Å². The van der Waals surface area contributed by atoms with Crippen LogP contribution in [-0.4, -0.2) is 41.9 Å². The van der Waals surface area contributed by atoms with Gasteiger partial charge in [0.1, 0.15) is 5.75 Å². The number of hydrogen-bond donors (Lipinski definition) is 2. The molecule has 156 valence electrons. The Morgan fingerprint density at radius 1 is 1.13 bits per heavy atom. The van der Waals surface area contributed by atoms with Gasteiger partial charge in [-0.2, -0.15) is 0 Å². The molecule has 2 aromatic carbocycles. The van der Waals surface area contributed by atoms with Gasteiger partial charge in [-0.1, -0.05) is 6.07 Å². The van der Waals surface area contributed by atoms with Crippen molar-refractivity contribution in [1.29, 1.82) is 0 Å². The Hall–Kier alpha value is -3.28. The molecule has 0 saturated carbocycles. The van der Waals surface area contributed by atoms with Crippen molar-refractivity contribution in [2.24, 2.45) is 5.92 Å². The zero-order chi connectivity index (χ0) is 20.9. The van der Waals surface area contributed by atoms with Crippen molar-refractivity contribution in [1.82, 2.24) is 9.88 Å². The molecule has 1 aliphatic heterocycles. The van der Waals surface area contributed by atoms with E-state index < -0.39 is 0 Å². The number of methoxy groups -OCH3 is 1. The number of likely N-dealkylation sites (tertiary alicyclic amines) is 1. The van der Waals surface area contributed by atoms with Crippen molar-refractivity contribution in [2.75, 3.05) is 25.5 Å². The zero-order valence-corrected chi connectivity index (χ0v) is 17.2. The topological polar surface area (TPSA) is 74.4 Å². The third-order valence-electron chi connectivity index (χ3n) is 5.84. The lowest BCUT2D eigenvalue weighted by atomic mass is 9.91. The fourth-order valence-corrected chi connectivity index (χ4v) is 4.05. The first-order chi connectivity index (χ1) is 14.6. The standard InChI is InChI=1S/C24H27N3O3/c1-30-21-4-2-3-20(16-21)26-23(28)8-5-17-10-13-27(14-11-17)24(29)19-6-7-22-18(15-19)9-12-25-22/h2-4,6-7,9,12,15-17,25H,5,8,10-11,13-14H2,1H3,(H,26,28).